The number of carbonyl (C=O) groups excluding carboxylic acids is 2. The summed E-state index contributed by atoms with van der Waals surface area (Å²) in [7, 11) is -3.54. The molecule has 2 saturated heterocycles. The Morgan fingerprint density at radius 1 is 0.793 bits per heavy atom. The first kappa shape index (κ1) is 24.1. The molecule has 0 N–H and O–H groups in total. The van der Waals surface area contributed by atoms with Gasteiger partial charge in [-0.2, -0.15) is 0 Å². The van der Waals surface area contributed by atoms with Crippen LogP contribution in [0.4, 0.5) is 9.59 Å². The highest BCUT2D eigenvalue weighted by atomic mass is 28.4. The quantitative estimate of drug-likeness (QED) is 0.224. The fourth-order valence-corrected chi connectivity index (χ4v) is 12.2. The number of hydrogen-bond acceptors (Lipinski definition) is 9. The molecule has 2 aliphatic heterocycles. The summed E-state index contributed by atoms with van der Waals surface area (Å²) in [6.45, 7) is 11.5. The summed E-state index contributed by atoms with van der Waals surface area (Å²) >= 11 is 0. The van der Waals surface area contributed by atoms with Gasteiger partial charge >= 0.3 is 12.3 Å². The lowest BCUT2D eigenvalue weighted by molar-refractivity contribution is 0.0460. The van der Waals surface area contributed by atoms with Crippen LogP contribution >= 0.6 is 0 Å². The van der Waals surface area contributed by atoms with Crippen molar-refractivity contribution in [2.75, 3.05) is 39.6 Å². The molecular formula is C18H34O9Si2. The van der Waals surface area contributed by atoms with Crippen LogP contribution in [-0.2, 0) is 32.5 Å². The molecule has 0 amide bonds. The van der Waals surface area contributed by atoms with Gasteiger partial charge in [-0.3, -0.25) is 0 Å². The van der Waals surface area contributed by atoms with E-state index in [2.05, 4.69) is 26.2 Å². The zero-order valence-corrected chi connectivity index (χ0v) is 19.9. The molecule has 11 heteroatoms. The van der Waals surface area contributed by atoms with E-state index in [4.69, 9.17) is 32.5 Å². The van der Waals surface area contributed by atoms with Crippen LogP contribution in [-0.4, -0.2) is 80.8 Å². The number of ether oxygens (including phenoxy) is 6. The van der Waals surface area contributed by atoms with Gasteiger partial charge in [-0.05, 0) is 51.1 Å². The molecule has 9 nitrogen and oxygen atoms in total. The van der Waals surface area contributed by atoms with Crippen molar-refractivity contribution in [3.8, 4) is 0 Å². The summed E-state index contributed by atoms with van der Waals surface area (Å²) in [5.41, 5.74) is 0. The van der Waals surface area contributed by atoms with Crippen LogP contribution in [0.3, 0.4) is 0 Å². The second-order valence-corrected chi connectivity index (χ2v) is 17.4. The summed E-state index contributed by atoms with van der Waals surface area (Å²) < 4.78 is 37.1. The van der Waals surface area contributed by atoms with Crippen molar-refractivity contribution in [1.29, 1.82) is 0 Å². The molecule has 0 aromatic heterocycles. The minimum atomic E-state index is -1.77. The molecule has 0 aromatic carbocycles. The Bertz CT molecular complexity index is 495. The molecule has 0 bridgehead atoms. The third-order valence-corrected chi connectivity index (χ3v) is 12.1. The van der Waals surface area contributed by atoms with Gasteiger partial charge in [0.2, 0.25) is 0 Å². The van der Waals surface area contributed by atoms with Gasteiger partial charge in [0.1, 0.15) is 13.2 Å². The van der Waals surface area contributed by atoms with E-state index in [0.29, 0.717) is 26.4 Å². The largest absolute Gasteiger partial charge is 0.508 e. The van der Waals surface area contributed by atoms with E-state index >= 15 is 0 Å². The Morgan fingerprint density at radius 3 is 1.55 bits per heavy atom. The maximum absolute atomic E-state index is 10.9. The third kappa shape index (κ3) is 9.94. The van der Waals surface area contributed by atoms with Crippen molar-refractivity contribution < 1.29 is 42.1 Å². The fraction of sp³-hybridized carbons (Fsp3) is 0.889. The van der Waals surface area contributed by atoms with E-state index in [1.807, 2.05) is 0 Å². The zero-order valence-electron chi connectivity index (χ0n) is 17.9. The third-order valence-electron chi connectivity index (χ3n) is 4.60. The standard InChI is InChI=1S/C18H34O9Si2/c1-28(2,9-5-7-21-11-15-13-23-17(19)25-15)27-29(3,4)10-6-8-22-12-16-14-24-18(20)26-16/h15-16H,5-14H2,1-4H3. The van der Waals surface area contributed by atoms with Crippen LogP contribution in [0, 0.1) is 0 Å². The molecular weight excluding hydrogens is 416 g/mol. The summed E-state index contributed by atoms with van der Waals surface area (Å²) in [5, 5.41) is 0. The average Bonchev–Trinajstić information content (AvgIpc) is 3.21. The van der Waals surface area contributed by atoms with Crippen molar-refractivity contribution in [3.05, 3.63) is 0 Å². The van der Waals surface area contributed by atoms with Gasteiger partial charge in [0, 0.05) is 13.2 Å². The first-order valence-corrected chi connectivity index (χ1v) is 16.4. The molecule has 29 heavy (non-hydrogen) atoms. The highest BCUT2D eigenvalue weighted by molar-refractivity contribution is 6.84. The van der Waals surface area contributed by atoms with Crippen molar-refractivity contribution in [1.82, 2.24) is 0 Å². The second-order valence-electron chi connectivity index (χ2n) is 8.58. The highest BCUT2D eigenvalue weighted by Crippen LogP contribution is 2.24. The Morgan fingerprint density at radius 2 is 1.21 bits per heavy atom. The van der Waals surface area contributed by atoms with E-state index in [-0.39, 0.29) is 25.4 Å². The van der Waals surface area contributed by atoms with Gasteiger partial charge in [-0.25, -0.2) is 9.59 Å². The summed E-state index contributed by atoms with van der Waals surface area (Å²) in [6, 6.07) is 2.04. The number of cyclic esters (lactones) is 4. The molecule has 0 aliphatic carbocycles. The number of rotatable bonds is 14. The lowest BCUT2D eigenvalue weighted by Crippen LogP contribution is -2.44. The molecule has 168 valence electrons. The van der Waals surface area contributed by atoms with Crippen LogP contribution in [0.15, 0.2) is 0 Å². The van der Waals surface area contributed by atoms with Crippen molar-refractivity contribution in [2.24, 2.45) is 0 Å². The summed E-state index contributed by atoms with van der Waals surface area (Å²) in [4.78, 5) is 21.7. The topological polar surface area (TPSA) is 98.8 Å². The van der Waals surface area contributed by atoms with Gasteiger partial charge in [-0.15, -0.1) is 0 Å². The molecule has 0 spiro atoms. The van der Waals surface area contributed by atoms with E-state index in [0.717, 1.165) is 24.9 Å². The van der Waals surface area contributed by atoms with E-state index in [1.54, 1.807) is 0 Å². The van der Waals surface area contributed by atoms with Crippen LogP contribution in [0.25, 0.3) is 0 Å². The molecule has 2 unspecified atom stereocenters. The van der Waals surface area contributed by atoms with Crippen LogP contribution in [0.5, 0.6) is 0 Å². The predicted molar refractivity (Wildman–Crippen MR) is 109 cm³/mol. The number of carbonyl (C=O) groups is 2. The lowest BCUT2D eigenvalue weighted by Gasteiger charge is -2.34. The minimum Gasteiger partial charge on any atom is -0.455 e. The van der Waals surface area contributed by atoms with Gasteiger partial charge in [0.15, 0.2) is 28.8 Å². The van der Waals surface area contributed by atoms with Gasteiger partial charge in [-0.1, -0.05) is 0 Å². The molecule has 2 aliphatic rings. The SMILES string of the molecule is C[Si](C)(CCCOCC1COC(=O)O1)O[Si](C)(C)CCCOCC1COC(=O)O1. The summed E-state index contributed by atoms with van der Waals surface area (Å²) in [6.07, 6.45) is 0.0485. The molecule has 2 heterocycles. The molecule has 2 rings (SSSR count). The smallest absolute Gasteiger partial charge is 0.455 e. The molecule has 2 fully saturated rings. The molecule has 0 saturated carbocycles. The first-order valence-electron chi connectivity index (χ1n) is 10.2. The minimum absolute atomic E-state index is 0.269. The van der Waals surface area contributed by atoms with E-state index < -0.39 is 28.9 Å². The highest BCUT2D eigenvalue weighted by Gasteiger charge is 2.32. The maximum Gasteiger partial charge on any atom is 0.508 e. The number of hydrogen-bond donors (Lipinski definition) is 0. The van der Waals surface area contributed by atoms with Crippen molar-refractivity contribution in [2.45, 2.75) is 63.3 Å². The second kappa shape index (κ2) is 11.3. The molecule has 0 radical (unpaired) electrons. The van der Waals surface area contributed by atoms with Crippen molar-refractivity contribution in [3.63, 3.8) is 0 Å². The first-order chi connectivity index (χ1) is 13.7. The summed E-state index contributed by atoms with van der Waals surface area (Å²) in [5.74, 6) is 0. The monoisotopic (exact) mass is 450 g/mol. The Hall–Kier alpha value is -1.15. The van der Waals surface area contributed by atoms with Gasteiger partial charge in [0.25, 0.3) is 0 Å². The lowest BCUT2D eigenvalue weighted by atomic mass is 10.4. The molecule has 2 atom stereocenters. The zero-order chi connectivity index (χ0) is 21.3. The van der Waals surface area contributed by atoms with E-state index in [9.17, 15) is 9.59 Å². The van der Waals surface area contributed by atoms with E-state index in [1.165, 1.54) is 0 Å². The Balaban J connectivity index is 1.51. The average molecular weight is 451 g/mol. The van der Waals surface area contributed by atoms with Crippen LogP contribution < -0.4 is 0 Å². The van der Waals surface area contributed by atoms with Crippen molar-refractivity contribution >= 4 is 28.9 Å². The molecule has 0 aromatic rings. The maximum atomic E-state index is 10.9. The predicted octanol–water partition coefficient (Wildman–Crippen LogP) is 3.30. The Labute approximate surface area is 174 Å². The van der Waals surface area contributed by atoms with Gasteiger partial charge < -0.3 is 32.5 Å². The fourth-order valence-electron chi connectivity index (χ4n) is 3.37. The van der Waals surface area contributed by atoms with Gasteiger partial charge in [0.05, 0.1) is 13.2 Å². The van der Waals surface area contributed by atoms with Crippen LogP contribution in [0.1, 0.15) is 12.8 Å². The van der Waals surface area contributed by atoms with Crippen LogP contribution in [0.2, 0.25) is 38.3 Å². The normalized spacial score (nSPS) is 22.2. The Kier molecular flexibility index (Phi) is 9.40.